The highest BCUT2D eigenvalue weighted by Crippen LogP contribution is 2.42. The van der Waals surface area contributed by atoms with Gasteiger partial charge in [-0.2, -0.15) is 0 Å². The molecule has 1 aliphatic heterocycles. The predicted molar refractivity (Wildman–Crippen MR) is 162 cm³/mol. The normalized spacial score (nSPS) is 16.6. The first kappa shape index (κ1) is 29.4. The molecule has 39 heavy (non-hydrogen) atoms. The van der Waals surface area contributed by atoms with Crippen molar-refractivity contribution < 1.29 is 14.3 Å². The first-order valence-corrected chi connectivity index (χ1v) is 13.8. The molecule has 3 aromatic rings. The fourth-order valence-corrected chi connectivity index (χ4v) is 6.10. The van der Waals surface area contributed by atoms with Crippen LogP contribution in [0.15, 0.2) is 66.2 Å². The van der Waals surface area contributed by atoms with E-state index in [9.17, 15) is 14.3 Å². The molecule has 1 heterocycles. The molecule has 1 fully saturated rings. The molecule has 0 atom stereocenters. The molecule has 0 aromatic heterocycles. The van der Waals surface area contributed by atoms with E-state index >= 15 is 0 Å². The average Bonchev–Trinajstić information content (AvgIpc) is 3.26. The van der Waals surface area contributed by atoms with Crippen molar-refractivity contribution in [1.29, 1.82) is 0 Å². The maximum Gasteiger partial charge on any atom is 0.335 e. The third kappa shape index (κ3) is 6.75. The summed E-state index contributed by atoms with van der Waals surface area (Å²) in [6.45, 7) is 2.42. The van der Waals surface area contributed by atoms with Crippen molar-refractivity contribution in [1.82, 2.24) is 4.90 Å². The molecule has 2 aliphatic rings. The van der Waals surface area contributed by atoms with Gasteiger partial charge in [0, 0.05) is 29.7 Å². The number of benzene rings is 3. The summed E-state index contributed by atoms with van der Waals surface area (Å²) in [5.41, 5.74) is 9.11. The molecule has 1 N–H and O–H groups in total. The number of allylic oxidation sites excluding steroid dienone is 1. The van der Waals surface area contributed by atoms with Crippen LogP contribution in [0.4, 0.5) is 4.39 Å². The third-order valence-corrected chi connectivity index (χ3v) is 7.95. The molecule has 3 nitrogen and oxygen atoms in total. The fraction of sp³-hybridized carbons (Fsp3) is 0.281. The smallest absolute Gasteiger partial charge is 0.335 e. The second-order valence-electron chi connectivity index (χ2n) is 10.0. The molecule has 1 saturated heterocycles. The minimum atomic E-state index is -0.920. The van der Waals surface area contributed by atoms with Gasteiger partial charge in [0.25, 0.3) is 0 Å². The number of hydrogen-bond donors (Lipinski definition) is 1. The Morgan fingerprint density at radius 3 is 2.46 bits per heavy atom. The maximum absolute atomic E-state index is 12.5. The van der Waals surface area contributed by atoms with E-state index in [4.69, 9.17) is 23.2 Å². The van der Waals surface area contributed by atoms with Crippen molar-refractivity contribution in [3.63, 3.8) is 0 Å². The third-order valence-electron chi connectivity index (χ3n) is 7.41. The highest BCUT2D eigenvalue weighted by molar-refractivity contribution is 6.36. The minimum absolute atomic E-state index is 0. The lowest BCUT2D eigenvalue weighted by atomic mass is 9.87. The fourth-order valence-electron chi connectivity index (χ4n) is 5.57. The van der Waals surface area contributed by atoms with E-state index in [1.54, 1.807) is 18.2 Å². The molecular formula is C32H31Cl3FNO2. The van der Waals surface area contributed by atoms with E-state index in [0.29, 0.717) is 22.0 Å². The van der Waals surface area contributed by atoms with Gasteiger partial charge in [-0.1, -0.05) is 71.2 Å². The van der Waals surface area contributed by atoms with Crippen LogP contribution >= 0.6 is 35.6 Å². The number of carbonyl (C=O) groups is 1. The number of aryl methyl sites for hydroxylation is 1. The molecule has 0 radical (unpaired) electrons. The standard InChI is InChI=1S/C32H30Cl2FNO2.ClH/c33-26-10-12-28(30(34)19-26)29-4-1-3-24-18-25(32(37)38)9-11-27(24)31(29)23-7-5-21(6-8-23)17-22-13-16-36(20-22)15-2-14-35;/h5-12,17-19H,1-4,13-16,20H2,(H,37,38);1H. The van der Waals surface area contributed by atoms with Crippen LogP contribution in [0.25, 0.3) is 17.2 Å². The van der Waals surface area contributed by atoms with Gasteiger partial charge >= 0.3 is 5.97 Å². The Hall–Kier alpha value is -2.63. The molecule has 0 bridgehead atoms. The number of fused-ring (bicyclic) bond motifs is 1. The number of aromatic carboxylic acids is 1. The Balaban J connectivity index is 0.00000353. The van der Waals surface area contributed by atoms with Crippen molar-refractivity contribution in [2.24, 2.45) is 0 Å². The summed E-state index contributed by atoms with van der Waals surface area (Å²) in [6, 6.07) is 19.6. The summed E-state index contributed by atoms with van der Waals surface area (Å²) in [5, 5.41) is 10.8. The SMILES string of the molecule is Cl.O=C(O)c1ccc2c(c1)CCCC(c1ccc(Cl)cc1Cl)=C2c1ccc(C=C2CCN(CCCF)C2)cc1. The van der Waals surface area contributed by atoms with E-state index in [2.05, 4.69) is 35.2 Å². The van der Waals surface area contributed by atoms with Crippen molar-refractivity contribution in [2.75, 3.05) is 26.3 Å². The quantitative estimate of drug-likeness (QED) is 0.301. The molecular weight excluding hydrogens is 556 g/mol. The topological polar surface area (TPSA) is 40.5 Å². The second-order valence-corrected chi connectivity index (χ2v) is 10.8. The van der Waals surface area contributed by atoms with Crippen LogP contribution < -0.4 is 0 Å². The van der Waals surface area contributed by atoms with Gasteiger partial charge in [-0.3, -0.25) is 9.29 Å². The second kappa shape index (κ2) is 13.1. The largest absolute Gasteiger partial charge is 0.478 e. The van der Waals surface area contributed by atoms with E-state index in [1.165, 1.54) is 5.57 Å². The van der Waals surface area contributed by atoms with Gasteiger partial charge in [0.2, 0.25) is 0 Å². The molecule has 5 rings (SSSR count). The van der Waals surface area contributed by atoms with Gasteiger partial charge < -0.3 is 5.11 Å². The van der Waals surface area contributed by atoms with Gasteiger partial charge in [-0.15, -0.1) is 12.4 Å². The number of likely N-dealkylation sites (tertiary alicyclic amines) is 1. The monoisotopic (exact) mass is 585 g/mol. The summed E-state index contributed by atoms with van der Waals surface area (Å²) < 4.78 is 12.5. The minimum Gasteiger partial charge on any atom is -0.478 e. The highest BCUT2D eigenvalue weighted by atomic mass is 35.5. The van der Waals surface area contributed by atoms with E-state index < -0.39 is 5.97 Å². The summed E-state index contributed by atoms with van der Waals surface area (Å²) in [4.78, 5) is 14.0. The number of carboxylic acid groups (broad SMARTS) is 1. The van der Waals surface area contributed by atoms with Gasteiger partial charge in [0.1, 0.15) is 0 Å². The lowest BCUT2D eigenvalue weighted by molar-refractivity contribution is 0.0696. The molecule has 7 heteroatoms. The Morgan fingerprint density at radius 2 is 1.74 bits per heavy atom. The van der Waals surface area contributed by atoms with E-state index in [0.717, 1.165) is 84.3 Å². The Kier molecular flexibility index (Phi) is 9.90. The van der Waals surface area contributed by atoms with Crippen molar-refractivity contribution >= 4 is 58.8 Å². The number of hydrogen-bond acceptors (Lipinski definition) is 2. The predicted octanol–water partition coefficient (Wildman–Crippen LogP) is 8.86. The molecule has 0 spiro atoms. The van der Waals surface area contributed by atoms with Crippen molar-refractivity contribution in [3.8, 4) is 0 Å². The van der Waals surface area contributed by atoms with Gasteiger partial charge in [-0.05, 0) is 95.3 Å². The number of rotatable bonds is 7. The van der Waals surface area contributed by atoms with Crippen molar-refractivity contribution in [3.05, 3.63) is 110 Å². The number of halogens is 4. The molecule has 0 unspecified atom stereocenters. The summed E-state index contributed by atoms with van der Waals surface area (Å²) in [7, 11) is 0. The Labute approximate surface area is 245 Å². The summed E-state index contributed by atoms with van der Waals surface area (Å²) in [5.74, 6) is -0.920. The van der Waals surface area contributed by atoms with Gasteiger partial charge in [-0.25, -0.2) is 4.79 Å². The molecule has 0 saturated carbocycles. The zero-order valence-corrected chi connectivity index (χ0v) is 23.9. The Bertz CT molecular complexity index is 1420. The van der Waals surface area contributed by atoms with E-state index in [1.807, 2.05) is 18.2 Å². The Morgan fingerprint density at radius 1 is 0.974 bits per heavy atom. The highest BCUT2D eigenvalue weighted by Gasteiger charge is 2.23. The molecule has 1 aliphatic carbocycles. The first-order chi connectivity index (χ1) is 18.4. The van der Waals surface area contributed by atoms with Crippen LogP contribution in [0.3, 0.4) is 0 Å². The average molecular weight is 587 g/mol. The van der Waals surface area contributed by atoms with Crippen molar-refractivity contribution in [2.45, 2.75) is 32.1 Å². The molecule has 0 amide bonds. The number of alkyl halides is 1. The summed E-state index contributed by atoms with van der Waals surface area (Å²) >= 11 is 12.9. The van der Waals surface area contributed by atoms with Crippen LogP contribution in [-0.2, 0) is 6.42 Å². The number of nitrogens with zero attached hydrogens (tertiary/aromatic N) is 1. The van der Waals surface area contributed by atoms with Crippen LogP contribution in [0.1, 0.15) is 63.9 Å². The summed E-state index contributed by atoms with van der Waals surface area (Å²) in [6.07, 6.45) is 6.33. The lowest BCUT2D eigenvalue weighted by Crippen LogP contribution is -2.20. The maximum atomic E-state index is 12.5. The van der Waals surface area contributed by atoms with Crippen LogP contribution in [0, 0.1) is 0 Å². The zero-order valence-electron chi connectivity index (χ0n) is 21.6. The van der Waals surface area contributed by atoms with Gasteiger partial charge in [0.15, 0.2) is 0 Å². The lowest BCUT2D eigenvalue weighted by Gasteiger charge is -2.18. The van der Waals surface area contributed by atoms with Gasteiger partial charge in [0.05, 0.1) is 12.2 Å². The zero-order chi connectivity index (χ0) is 26.6. The number of carboxylic acids is 1. The van der Waals surface area contributed by atoms with E-state index in [-0.39, 0.29) is 19.1 Å². The molecule has 204 valence electrons. The van der Waals surface area contributed by atoms with Crippen LogP contribution in [0.2, 0.25) is 10.0 Å². The molecule has 3 aromatic carbocycles. The first-order valence-electron chi connectivity index (χ1n) is 13.1. The van der Waals surface area contributed by atoms with Crippen LogP contribution in [-0.4, -0.2) is 42.3 Å². The van der Waals surface area contributed by atoms with Crippen LogP contribution in [0.5, 0.6) is 0 Å².